The van der Waals surface area contributed by atoms with E-state index in [0.717, 1.165) is 0 Å². The SMILES string of the molecule is COC(=O)Cc1ccc([C@H](N)C(F)(F)F)cc1. The number of carbonyl (C=O) groups excluding carboxylic acids is 1. The summed E-state index contributed by atoms with van der Waals surface area (Å²) in [5, 5.41) is 0. The van der Waals surface area contributed by atoms with Crippen molar-refractivity contribution in [3.8, 4) is 0 Å². The minimum absolute atomic E-state index is 0.0258. The molecular formula is C11H12F3NO2. The molecule has 0 saturated heterocycles. The van der Waals surface area contributed by atoms with Crippen LogP contribution in [0.5, 0.6) is 0 Å². The topological polar surface area (TPSA) is 52.3 Å². The summed E-state index contributed by atoms with van der Waals surface area (Å²) in [6.45, 7) is 0. The normalized spacial score (nSPS) is 13.2. The molecule has 0 aliphatic rings. The molecule has 1 rings (SSSR count). The van der Waals surface area contributed by atoms with Gasteiger partial charge in [0, 0.05) is 0 Å². The van der Waals surface area contributed by atoms with Crippen LogP contribution in [0.2, 0.25) is 0 Å². The number of esters is 1. The number of halogens is 3. The lowest BCUT2D eigenvalue weighted by Gasteiger charge is -2.15. The van der Waals surface area contributed by atoms with Gasteiger partial charge in [-0.25, -0.2) is 0 Å². The summed E-state index contributed by atoms with van der Waals surface area (Å²) < 4.78 is 41.3. The predicted molar refractivity (Wildman–Crippen MR) is 55.1 cm³/mol. The quantitative estimate of drug-likeness (QED) is 0.831. The number of hydrogen-bond donors (Lipinski definition) is 1. The highest BCUT2D eigenvalue weighted by Crippen LogP contribution is 2.30. The number of hydrogen-bond acceptors (Lipinski definition) is 3. The molecule has 0 aliphatic heterocycles. The molecule has 6 heteroatoms. The standard InChI is InChI=1S/C11H12F3NO2/c1-17-9(16)6-7-2-4-8(5-3-7)10(15)11(12,13)14/h2-5,10H,6,15H2,1H3/t10-/m0/s1. The highest BCUT2D eigenvalue weighted by atomic mass is 19.4. The van der Waals surface area contributed by atoms with Gasteiger partial charge in [-0.2, -0.15) is 13.2 Å². The highest BCUT2D eigenvalue weighted by molar-refractivity contribution is 5.72. The van der Waals surface area contributed by atoms with E-state index in [1.807, 2.05) is 0 Å². The van der Waals surface area contributed by atoms with E-state index in [4.69, 9.17) is 5.73 Å². The van der Waals surface area contributed by atoms with Crippen molar-refractivity contribution >= 4 is 5.97 Å². The van der Waals surface area contributed by atoms with E-state index in [1.54, 1.807) is 0 Å². The smallest absolute Gasteiger partial charge is 0.407 e. The highest BCUT2D eigenvalue weighted by Gasteiger charge is 2.37. The van der Waals surface area contributed by atoms with E-state index in [9.17, 15) is 18.0 Å². The first-order valence-corrected chi connectivity index (χ1v) is 4.82. The average molecular weight is 247 g/mol. The monoisotopic (exact) mass is 247 g/mol. The zero-order chi connectivity index (χ0) is 13.1. The molecule has 0 amide bonds. The van der Waals surface area contributed by atoms with Gasteiger partial charge in [0.05, 0.1) is 13.5 Å². The molecule has 17 heavy (non-hydrogen) atoms. The third kappa shape index (κ3) is 3.74. The van der Waals surface area contributed by atoms with Crippen LogP contribution in [0.4, 0.5) is 13.2 Å². The maximum atomic E-state index is 12.3. The Labute approximate surface area is 96.4 Å². The zero-order valence-corrected chi connectivity index (χ0v) is 9.12. The molecule has 0 aliphatic carbocycles. The Kier molecular flexibility index (Phi) is 4.11. The van der Waals surface area contributed by atoms with Crippen molar-refractivity contribution in [2.24, 2.45) is 5.73 Å². The fourth-order valence-electron chi connectivity index (χ4n) is 1.27. The molecule has 0 radical (unpaired) electrons. The molecule has 0 fully saturated rings. The van der Waals surface area contributed by atoms with Crippen LogP contribution in [-0.4, -0.2) is 19.3 Å². The van der Waals surface area contributed by atoms with Gasteiger partial charge in [-0.15, -0.1) is 0 Å². The Bertz CT molecular complexity index is 387. The number of rotatable bonds is 3. The summed E-state index contributed by atoms with van der Waals surface area (Å²) in [5.41, 5.74) is 5.58. The zero-order valence-electron chi connectivity index (χ0n) is 9.12. The van der Waals surface area contributed by atoms with Crippen LogP contribution >= 0.6 is 0 Å². The summed E-state index contributed by atoms with van der Waals surface area (Å²) in [7, 11) is 1.25. The molecule has 3 nitrogen and oxygen atoms in total. The van der Waals surface area contributed by atoms with Crippen molar-refractivity contribution in [3.63, 3.8) is 0 Å². The number of nitrogens with two attached hydrogens (primary N) is 1. The largest absolute Gasteiger partial charge is 0.469 e. The van der Waals surface area contributed by atoms with Crippen molar-refractivity contribution in [3.05, 3.63) is 35.4 Å². The summed E-state index contributed by atoms with van der Waals surface area (Å²) >= 11 is 0. The van der Waals surface area contributed by atoms with Gasteiger partial charge in [0.1, 0.15) is 6.04 Å². The van der Waals surface area contributed by atoms with Crippen molar-refractivity contribution < 1.29 is 22.7 Å². The average Bonchev–Trinajstić information content (AvgIpc) is 2.27. The fourth-order valence-corrected chi connectivity index (χ4v) is 1.27. The molecule has 1 aromatic rings. The number of benzene rings is 1. The van der Waals surface area contributed by atoms with Crippen molar-refractivity contribution in [2.75, 3.05) is 7.11 Å². The number of methoxy groups -OCH3 is 1. The minimum atomic E-state index is -4.47. The molecule has 1 aromatic carbocycles. The lowest BCUT2D eigenvalue weighted by Crippen LogP contribution is -2.28. The van der Waals surface area contributed by atoms with Gasteiger partial charge in [0.25, 0.3) is 0 Å². The first kappa shape index (κ1) is 13.5. The van der Waals surface area contributed by atoms with Gasteiger partial charge in [-0.1, -0.05) is 24.3 Å². The van der Waals surface area contributed by atoms with E-state index in [0.29, 0.717) is 5.56 Å². The minimum Gasteiger partial charge on any atom is -0.469 e. The van der Waals surface area contributed by atoms with E-state index in [2.05, 4.69) is 4.74 Å². The Morgan fingerprint density at radius 1 is 1.35 bits per heavy atom. The van der Waals surface area contributed by atoms with Gasteiger partial charge < -0.3 is 10.5 Å². The molecule has 94 valence electrons. The first-order valence-electron chi connectivity index (χ1n) is 4.82. The van der Waals surface area contributed by atoms with Crippen LogP contribution in [0.25, 0.3) is 0 Å². The maximum Gasteiger partial charge on any atom is 0.407 e. The van der Waals surface area contributed by atoms with Crippen molar-refractivity contribution in [2.45, 2.75) is 18.6 Å². The molecule has 0 aromatic heterocycles. The predicted octanol–water partition coefficient (Wildman–Crippen LogP) is 1.96. The third-order valence-electron chi connectivity index (χ3n) is 2.27. The molecule has 0 bridgehead atoms. The molecule has 0 saturated carbocycles. The fraction of sp³-hybridized carbons (Fsp3) is 0.364. The van der Waals surface area contributed by atoms with Gasteiger partial charge in [-0.05, 0) is 11.1 Å². The molecular weight excluding hydrogens is 235 g/mol. The van der Waals surface area contributed by atoms with Crippen LogP contribution < -0.4 is 5.73 Å². The van der Waals surface area contributed by atoms with Gasteiger partial charge in [-0.3, -0.25) is 4.79 Å². The van der Waals surface area contributed by atoms with E-state index in [-0.39, 0.29) is 12.0 Å². The van der Waals surface area contributed by atoms with Crippen molar-refractivity contribution in [1.82, 2.24) is 0 Å². The van der Waals surface area contributed by atoms with Crippen LogP contribution in [0, 0.1) is 0 Å². The number of carbonyl (C=O) groups is 1. The maximum absolute atomic E-state index is 12.3. The Morgan fingerprint density at radius 3 is 2.29 bits per heavy atom. The van der Waals surface area contributed by atoms with Gasteiger partial charge in [0.2, 0.25) is 0 Å². The van der Waals surface area contributed by atoms with E-state index in [1.165, 1.54) is 31.4 Å². The number of ether oxygens (including phenoxy) is 1. The second-order valence-electron chi connectivity index (χ2n) is 3.51. The van der Waals surface area contributed by atoms with Crippen LogP contribution in [-0.2, 0) is 16.0 Å². The summed E-state index contributed by atoms with van der Waals surface area (Å²) in [6.07, 6.45) is -4.44. The lowest BCUT2D eigenvalue weighted by atomic mass is 10.0. The number of alkyl halides is 3. The summed E-state index contributed by atoms with van der Waals surface area (Å²) in [6, 6.07) is 3.37. The molecule has 0 unspecified atom stereocenters. The second-order valence-corrected chi connectivity index (χ2v) is 3.51. The van der Waals surface area contributed by atoms with Gasteiger partial charge in [0.15, 0.2) is 0 Å². The second kappa shape index (κ2) is 5.18. The van der Waals surface area contributed by atoms with E-state index >= 15 is 0 Å². The van der Waals surface area contributed by atoms with Crippen LogP contribution in [0.15, 0.2) is 24.3 Å². The lowest BCUT2D eigenvalue weighted by molar-refractivity contribution is -0.149. The Morgan fingerprint density at radius 2 is 1.88 bits per heavy atom. The molecule has 1 atom stereocenters. The summed E-state index contributed by atoms with van der Waals surface area (Å²) in [5.74, 6) is -0.446. The van der Waals surface area contributed by atoms with Crippen LogP contribution in [0.3, 0.4) is 0 Å². The molecule has 0 heterocycles. The van der Waals surface area contributed by atoms with Crippen LogP contribution in [0.1, 0.15) is 17.2 Å². The van der Waals surface area contributed by atoms with Gasteiger partial charge >= 0.3 is 12.1 Å². The molecule has 0 spiro atoms. The molecule has 2 N–H and O–H groups in total. The Hall–Kier alpha value is -1.56. The van der Waals surface area contributed by atoms with E-state index < -0.39 is 18.2 Å². The Balaban J connectivity index is 2.78. The summed E-state index contributed by atoms with van der Waals surface area (Å²) in [4.78, 5) is 10.9. The van der Waals surface area contributed by atoms with Crippen molar-refractivity contribution in [1.29, 1.82) is 0 Å². The third-order valence-corrected chi connectivity index (χ3v) is 2.27. The first-order chi connectivity index (χ1) is 7.84.